The first-order valence-corrected chi connectivity index (χ1v) is 5.43. The van der Waals surface area contributed by atoms with Crippen molar-refractivity contribution >= 4 is 5.97 Å². The van der Waals surface area contributed by atoms with Crippen LogP contribution >= 0.6 is 0 Å². The maximum Gasteiger partial charge on any atom is 0.306 e. The number of carbonyl (C=O) groups is 1. The number of hydrogen-bond donors (Lipinski definition) is 1. The Labute approximate surface area is 87.0 Å². The van der Waals surface area contributed by atoms with Gasteiger partial charge in [0, 0.05) is 0 Å². The lowest BCUT2D eigenvalue weighted by atomic mass is 9.90. The van der Waals surface area contributed by atoms with Gasteiger partial charge in [0.05, 0.1) is 5.92 Å². The van der Waals surface area contributed by atoms with E-state index in [4.69, 9.17) is 5.11 Å². The van der Waals surface area contributed by atoms with Gasteiger partial charge in [-0.3, -0.25) is 4.79 Å². The van der Waals surface area contributed by atoms with E-state index in [0.717, 1.165) is 25.7 Å². The third kappa shape index (κ3) is 5.79. The predicted octanol–water partition coefficient (Wildman–Crippen LogP) is 3.48. The van der Waals surface area contributed by atoms with Crippen LogP contribution in [0.25, 0.3) is 0 Å². The molecule has 0 spiro atoms. The molecule has 0 saturated heterocycles. The van der Waals surface area contributed by atoms with Crippen LogP contribution in [0.3, 0.4) is 0 Å². The van der Waals surface area contributed by atoms with Gasteiger partial charge in [-0.15, -0.1) is 0 Å². The van der Waals surface area contributed by atoms with Crippen molar-refractivity contribution in [1.29, 1.82) is 0 Å². The molecule has 0 aromatic carbocycles. The lowest BCUT2D eigenvalue weighted by Crippen LogP contribution is -2.19. The highest BCUT2D eigenvalue weighted by Crippen LogP contribution is 2.18. The third-order valence-corrected chi connectivity index (χ3v) is 2.49. The van der Waals surface area contributed by atoms with Gasteiger partial charge in [0.25, 0.3) is 0 Å². The summed E-state index contributed by atoms with van der Waals surface area (Å²) in [6.07, 6.45) is 8.16. The van der Waals surface area contributed by atoms with Crippen molar-refractivity contribution in [1.82, 2.24) is 0 Å². The third-order valence-electron chi connectivity index (χ3n) is 2.49. The van der Waals surface area contributed by atoms with Crippen LogP contribution < -0.4 is 0 Å². The highest BCUT2D eigenvalue weighted by molar-refractivity contribution is 5.70. The number of hydrogen-bond acceptors (Lipinski definition) is 1. The zero-order valence-corrected chi connectivity index (χ0v) is 9.49. The summed E-state index contributed by atoms with van der Waals surface area (Å²) < 4.78 is 0. The van der Waals surface area contributed by atoms with Crippen molar-refractivity contribution in [2.75, 3.05) is 0 Å². The maximum atomic E-state index is 10.8. The highest BCUT2D eigenvalue weighted by atomic mass is 16.4. The molecule has 14 heavy (non-hydrogen) atoms. The zero-order chi connectivity index (χ0) is 11.0. The summed E-state index contributed by atoms with van der Waals surface area (Å²) in [6, 6.07) is 0. The zero-order valence-electron chi connectivity index (χ0n) is 9.49. The van der Waals surface area contributed by atoms with E-state index >= 15 is 0 Å². The quantitative estimate of drug-likeness (QED) is 0.502. The second-order valence-electron chi connectivity index (χ2n) is 4.04. The first-order chi connectivity index (χ1) is 6.59. The van der Waals surface area contributed by atoms with Gasteiger partial charge in [0.2, 0.25) is 0 Å². The van der Waals surface area contributed by atoms with Crippen LogP contribution in [0.4, 0.5) is 0 Å². The van der Waals surface area contributed by atoms with Crippen molar-refractivity contribution in [2.24, 2.45) is 11.8 Å². The molecule has 0 amide bonds. The summed E-state index contributed by atoms with van der Waals surface area (Å²) in [6.45, 7) is 5.96. The summed E-state index contributed by atoms with van der Waals surface area (Å²) in [7, 11) is 0. The minimum atomic E-state index is -0.647. The molecule has 0 rings (SSSR count). The molecule has 2 heteroatoms. The lowest BCUT2D eigenvalue weighted by molar-refractivity contribution is -0.143. The Morgan fingerprint density at radius 3 is 2.43 bits per heavy atom. The molecule has 1 atom stereocenters. The number of carboxylic acid groups (broad SMARTS) is 1. The standard InChI is InChI=1S/C12H22O2/c1-4-5-6-7-8-9-11(10(2)3)12(13)14/h4-5,10-11H,6-9H2,1-3H3,(H,13,14). The van der Waals surface area contributed by atoms with Crippen molar-refractivity contribution < 1.29 is 9.90 Å². The van der Waals surface area contributed by atoms with E-state index in [1.807, 2.05) is 26.8 Å². The molecule has 0 saturated carbocycles. The Balaban J connectivity index is 3.67. The Morgan fingerprint density at radius 1 is 1.36 bits per heavy atom. The lowest BCUT2D eigenvalue weighted by Gasteiger charge is -2.15. The highest BCUT2D eigenvalue weighted by Gasteiger charge is 2.20. The van der Waals surface area contributed by atoms with Gasteiger partial charge in [-0.05, 0) is 32.1 Å². The topological polar surface area (TPSA) is 37.3 Å². The van der Waals surface area contributed by atoms with Gasteiger partial charge in [-0.1, -0.05) is 32.4 Å². The fourth-order valence-corrected chi connectivity index (χ4v) is 1.54. The summed E-state index contributed by atoms with van der Waals surface area (Å²) in [5.41, 5.74) is 0. The van der Waals surface area contributed by atoms with Gasteiger partial charge < -0.3 is 5.11 Å². The van der Waals surface area contributed by atoms with Crippen LogP contribution in [0, 0.1) is 11.8 Å². The molecule has 0 aliphatic heterocycles. The van der Waals surface area contributed by atoms with E-state index < -0.39 is 5.97 Å². The van der Waals surface area contributed by atoms with Crippen molar-refractivity contribution in [3.8, 4) is 0 Å². The molecule has 0 heterocycles. The first-order valence-electron chi connectivity index (χ1n) is 5.43. The van der Waals surface area contributed by atoms with Gasteiger partial charge >= 0.3 is 5.97 Å². The van der Waals surface area contributed by atoms with Crippen LogP contribution in [-0.4, -0.2) is 11.1 Å². The molecule has 0 aromatic rings. The van der Waals surface area contributed by atoms with Gasteiger partial charge in [0.1, 0.15) is 0 Å². The predicted molar refractivity (Wildman–Crippen MR) is 59.2 cm³/mol. The van der Waals surface area contributed by atoms with Crippen molar-refractivity contribution in [2.45, 2.75) is 46.5 Å². The second kappa shape index (κ2) is 7.60. The number of rotatable bonds is 7. The monoisotopic (exact) mass is 198 g/mol. The fraction of sp³-hybridized carbons (Fsp3) is 0.750. The summed E-state index contributed by atoms with van der Waals surface area (Å²) in [4.78, 5) is 10.8. The van der Waals surface area contributed by atoms with E-state index in [9.17, 15) is 4.79 Å². The van der Waals surface area contributed by atoms with Crippen molar-refractivity contribution in [3.05, 3.63) is 12.2 Å². The molecule has 0 fully saturated rings. The Bertz CT molecular complexity index is 183. The van der Waals surface area contributed by atoms with Gasteiger partial charge in [-0.2, -0.15) is 0 Å². The van der Waals surface area contributed by atoms with Crippen molar-refractivity contribution in [3.63, 3.8) is 0 Å². The van der Waals surface area contributed by atoms with Crippen LogP contribution in [-0.2, 0) is 4.79 Å². The minimum absolute atomic E-state index is 0.166. The van der Waals surface area contributed by atoms with Crippen LogP contribution in [0.1, 0.15) is 46.5 Å². The number of aliphatic carboxylic acids is 1. The molecule has 0 radical (unpaired) electrons. The second-order valence-corrected chi connectivity index (χ2v) is 4.04. The molecule has 1 unspecified atom stereocenters. The van der Waals surface area contributed by atoms with Crippen LogP contribution in [0.5, 0.6) is 0 Å². The average molecular weight is 198 g/mol. The van der Waals surface area contributed by atoms with Crippen LogP contribution in [0.2, 0.25) is 0 Å². The maximum absolute atomic E-state index is 10.8. The van der Waals surface area contributed by atoms with E-state index in [1.54, 1.807) is 0 Å². The molecule has 0 aliphatic carbocycles. The van der Waals surface area contributed by atoms with E-state index in [1.165, 1.54) is 0 Å². The SMILES string of the molecule is CC=CCCCCC(C(=O)O)C(C)C. The van der Waals surface area contributed by atoms with E-state index in [-0.39, 0.29) is 11.8 Å². The Kier molecular flexibility index (Phi) is 7.17. The van der Waals surface area contributed by atoms with Gasteiger partial charge in [-0.25, -0.2) is 0 Å². The fourth-order valence-electron chi connectivity index (χ4n) is 1.54. The number of unbranched alkanes of at least 4 members (excludes halogenated alkanes) is 2. The smallest absolute Gasteiger partial charge is 0.306 e. The number of carboxylic acids is 1. The summed E-state index contributed by atoms with van der Waals surface area (Å²) >= 11 is 0. The number of allylic oxidation sites excluding steroid dienone is 2. The molecule has 0 aromatic heterocycles. The average Bonchev–Trinajstić information content (AvgIpc) is 2.09. The van der Waals surface area contributed by atoms with Gasteiger partial charge in [0.15, 0.2) is 0 Å². The molecule has 2 nitrogen and oxygen atoms in total. The molecule has 0 bridgehead atoms. The molecular formula is C12H22O2. The molecular weight excluding hydrogens is 176 g/mol. The first kappa shape index (κ1) is 13.2. The molecule has 1 N–H and O–H groups in total. The minimum Gasteiger partial charge on any atom is -0.481 e. The Morgan fingerprint density at radius 2 is 2.00 bits per heavy atom. The summed E-state index contributed by atoms with van der Waals surface area (Å²) in [5.74, 6) is -0.569. The summed E-state index contributed by atoms with van der Waals surface area (Å²) in [5, 5.41) is 8.93. The van der Waals surface area contributed by atoms with Crippen LogP contribution in [0.15, 0.2) is 12.2 Å². The van der Waals surface area contributed by atoms with E-state index in [0.29, 0.717) is 0 Å². The molecule has 0 aliphatic rings. The van der Waals surface area contributed by atoms with E-state index in [2.05, 4.69) is 6.08 Å². The normalized spacial score (nSPS) is 13.7. The Hall–Kier alpha value is -0.790. The molecule has 82 valence electrons. The largest absolute Gasteiger partial charge is 0.481 e.